The number of esters is 1. The highest BCUT2D eigenvalue weighted by Gasteiger charge is 2.16. The van der Waals surface area contributed by atoms with Gasteiger partial charge in [-0.15, -0.1) is 11.8 Å². The molecule has 1 aliphatic carbocycles. The van der Waals surface area contributed by atoms with Crippen LogP contribution in [-0.2, 0) is 22.4 Å². The van der Waals surface area contributed by atoms with Gasteiger partial charge in [0.05, 0.1) is 25.5 Å². The van der Waals surface area contributed by atoms with Crippen LogP contribution >= 0.6 is 11.8 Å². The maximum absolute atomic E-state index is 12.3. The number of methoxy groups -OCH3 is 2. The fourth-order valence-electron chi connectivity index (χ4n) is 3.07. The standard InChI is InChI=1S/C21H22O5S/c1-24-16-7-9-18(20(11-16)25-2)19(22)12-26-21(23)13-27-17-8-6-14-4-3-5-15(14)10-17/h6-11H,3-5,12-13H2,1-2H3. The zero-order valence-corrected chi connectivity index (χ0v) is 16.3. The molecule has 0 aromatic heterocycles. The SMILES string of the molecule is COc1ccc(C(=O)COC(=O)CSc2ccc3c(c2)CCC3)c(OC)c1. The fourth-order valence-corrected chi connectivity index (χ4v) is 3.83. The predicted octanol–water partition coefficient (Wildman–Crippen LogP) is 3.71. The first kappa shape index (κ1) is 19.3. The van der Waals surface area contributed by atoms with Crippen molar-refractivity contribution in [1.29, 1.82) is 0 Å². The number of thioether (sulfide) groups is 1. The van der Waals surface area contributed by atoms with Gasteiger partial charge in [-0.05, 0) is 54.7 Å². The van der Waals surface area contributed by atoms with Gasteiger partial charge in [-0.3, -0.25) is 9.59 Å². The van der Waals surface area contributed by atoms with Crippen molar-refractivity contribution in [3.63, 3.8) is 0 Å². The van der Waals surface area contributed by atoms with Gasteiger partial charge < -0.3 is 14.2 Å². The third-order valence-corrected chi connectivity index (χ3v) is 5.47. The van der Waals surface area contributed by atoms with Crippen molar-refractivity contribution in [3.05, 3.63) is 53.1 Å². The maximum atomic E-state index is 12.3. The van der Waals surface area contributed by atoms with Crippen molar-refractivity contribution in [2.45, 2.75) is 24.2 Å². The maximum Gasteiger partial charge on any atom is 0.316 e. The molecule has 2 aromatic rings. The second kappa shape index (κ2) is 8.95. The van der Waals surface area contributed by atoms with Crippen LogP contribution in [0.2, 0.25) is 0 Å². The minimum absolute atomic E-state index is 0.172. The Morgan fingerprint density at radius 1 is 1.00 bits per heavy atom. The molecule has 0 heterocycles. The lowest BCUT2D eigenvalue weighted by Gasteiger charge is -2.10. The summed E-state index contributed by atoms with van der Waals surface area (Å²) < 4.78 is 15.5. The first-order valence-corrected chi connectivity index (χ1v) is 9.74. The van der Waals surface area contributed by atoms with Crippen molar-refractivity contribution in [1.82, 2.24) is 0 Å². The Labute approximate surface area is 163 Å². The molecule has 0 amide bonds. The molecule has 0 N–H and O–H groups in total. The molecule has 0 saturated heterocycles. The van der Waals surface area contributed by atoms with Crippen LogP contribution in [-0.4, -0.2) is 38.3 Å². The van der Waals surface area contributed by atoms with E-state index in [0.717, 1.165) is 17.7 Å². The summed E-state index contributed by atoms with van der Waals surface area (Å²) >= 11 is 1.43. The van der Waals surface area contributed by atoms with Crippen LogP contribution in [0.25, 0.3) is 0 Å². The van der Waals surface area contributed by atoms with Crippen molar-refractivity contribution in [2.24, 2.45) is 0 Å². The number of benzene rings is 2. The second-order valence-corrected chi connectivity index (χ2v) is 7.27. The van der Waals surface area contributed by atoms with E-state index >= 15 is 0 Å². The Kier molecular flexibility index (Phi) is 6.40. The molecule has 27 heavy (non-hydrogen) atoms. The van der Waals surface area contributed by atoms with E-state index in [-0.39, 0.29) is 18.1 Å². The number of aryl methyl sites for hydroxylation is 2. The van der Waals surface area contributed by atoms with Crippen LogP contribution in [0.3, 0.4) is 0 Å². The first-order chi connectivity index (χ1) is 13.1. The van der Waals surface area contributed by atoms with Gasteiger partial charge in [-0.1, -0.05) is 6.07 Å². The van der Waals surface area contributed by atoms with Gasteiger partial charge in [0, 0.05) is 11.0 Å². The zero-order chi connectivity index (χ0) is 19.2. The van der Waals surface area contributed by atoms with Crippen molar-refractivity contribution >= 4 is 23.5 Å². The van der Waals surface area contributed by atoms with Gasteiger partial charge in [-0.25, -0.2) is 0 Å². The normalized spacial score (nSPS) is 12.4. The van der Waals surface area contributed by atoms with E-state index in [2.05, 4.69) is 12.1 Å². The van der Waals surface area contributed by atoms with Gasteiger partial charge >= 0.3 is 5.97 Å². The Hall–Kier alpha value is -2.47. The molecule has 142 valence electrons. The lowest BCUT2D eigenvalue weighted by molar-refractivity contribution is -0.139. The molecule has 0 atom stereocenters. The minimum atomic E-state index is -0.415. The van der Waals surface area contributed by atoms with E-state index < -0.39 is 5.97 Å². The highest BCUT2D eigenvalue weighted by atomic mass is 32.2. The van der Waals surface area contributed by atoms with Crippen LogP contribution in [0.5, 0.6) is 11.5 Å². The van der Waals surface area contributed by atoms with E-state index in [1.807, 2.05) is 6.07 Å². The number of hydrogen-bond acceptors (Lipinski definition) is 6. The molecule has 2 aromatic carbocycles. The summed E-state index contributed by atoms with van der Waals surface area (Å²) in [4.78, 5) is 25.4. The molecule has 0 saturated carbocycles. The van der Waals surface area contributed by atoms with E-state index in [9.17, 15) is 9.59 Å². The topological polar surface area (TPSA) is 61.8 Å². The van der Waals surface area contributed by atoms with Crippen LogP contribution < -0.4 is 9.47 Å². The van der Waals surface area contributed by atoms with Crippen molar-refractivity contribution < 1.29 is 23.8 Å². The summed E-state index contributed by atoms with van der Waals surface area (Å²) in [5.74, 6) is 0.423. The van der Waals surface area contributed by atoms with Gasteiger partial charge in [0.2, 0.25) is 5.78 Å². The molecule has 6 heteroatoms. The molecule has 0 fully saturated rings. The second-order valence-electron chi connectivity index (χ2n) is 6.22. The smallest absolute Gasteiger partial charge is 0.316 e. The minimum Gasteiger partial charge on any atom is -0.497 e. The molecule has 0 spiro atoms. The third-order valence-electron chi connectivity index (χ3n) is 4.50. The average molecular weight is 386 g/mol. The summed E-state index contributed by atoms with van der Waals surface area (Å²) in [7, 11) is 3.02. The number of ketones is 1. The average Bonchev–Trinajstić information content (AvgIpc) is 3.17. The summed E-state index contributed by atoms with van der Waals surface area (Å²) in [6.45, 7) is -0.313. The number of Topliss-reactive ketones (excluding diaryl/α,β-unsaturated/α-hetero) is 1. The number of carbonyl (C=O) groups excluding carboxylic acids is 2. The molecule has 3 rings (SSSR count). The fraction of sp³-hybridized carbons (Fsp3) is 0.333. The van der Waals surface area contributed by atoms with Crippen LogP contribution in [0.4, 0.5) is 0 Å². The molecule has 1 aliphatic rings. The largest absolute Gasteiger partial charge is 0.497 e. The zero-order valence-electron chi connectivity index (χ0n) is 15.4. The summed E-state index contributed by atoms with van der Waals surface area (Å²) in [5.41, 5.74) is 3.13. The van der Waals surface area contributed by atoms with Crippen LogP contribution in [0.1, 0.15) is 27.9 Å². The van der Waals surface area contributed by atoms with Gasteiger partial charge in [0.25, 0.3) is 0 Å². The number of carbonyl (C=O) groups is 2. The lowest BCUT2D eigenvalue weighted by Crippen LogP contribution is -2.16. The summed E-state index contributed by atoms with van der Waals surface area (Å²) in [6, 6.07) is 11.2. The van der Waals surface area contributed by atoms with E-state index in [0.29, 0.717) is 17.1 Å². The third kappa shape index (κ3) is 4.83. The van der Waals surface area contributed by atoms with Crippen molar-refractivity contribution in [2.75, 3.05) is 26.6 Å². The van der Waals surface area contributed by atoms with E-state index in [4.69, 9.17) is 14.2 Å². The highest BCUT2D eigenvalue weighted by molar-refractivity contribution is 8.00. The highest BCUT2D eigenvalue weighted by Crippen LogP contribution is 2.28. The molecular weight excluding hydrogens is 364 g/mol. The predicted molar refractivity (Wildman–Crippen MR) is 104 cm³/mol. The van der Waals surface area contributed by atoms with Gasteiger partial charge in [-0.2, -0.15) is 0 Å². The number of hydrogen-bond donors (Lipinski definition) is 0. The first-order valence-electron chi connectivity index (χ1n) is 8.76. The van der Waals surface area contributed by atoms with Gasteiger partial charge in [0.1, 0.15) is 11.5 Å². The van der Waals surface area contributed by atoms with Crippen LogP contribution in [0.15, 0.2) is 41.3 Å². The quantitative estimate of drug-likeness (QED) is 0.392. The molecule has 0 bridgehead atoms. The van der Waals surface area contributed by atoms with E-state index in [1.54, 1.807) is 18.2 Å². The number of fused-ring (bicyclic) bond motifs is 1. The lowest BCUT2D eigenvalue weighted by atomic mass is 10.1. The Morgan fingerprint density at radius 2 is 1.81 bits per heavy atom. The summed E-state index contributed by atoms with van der Waals surface area (Å²) in [5, 5.41) is 0. The molecule has 5 nitrogen and oxygen atoms in total. The molecule has 0 aliphatic heterocycles. The summed E-state index contributed by atoms with van der Waals surface area (Å²) in [6.07, 6.45) is 3.44. The van der Waals surface area contributed by atoms with E-state index in [1.165, 1.54) is 43.5 Å². The molecule has 0 unspecified atom stereocenters. The monoisotopic (exact) mass is 386 g/mol. The Balaban J connectivity index is 1.51. The van der Waals surface area contributed by atoms with Crippen molar-refractivity contribution in [3.8, 4) is 11.5 Å². The van der Waals surface area contributed by atoms with Crippen LogP contribution in [0, 0.1) is 0 Å². The molecular formula is C21H22O5S. The number of ether oxygens (including phenoxy) is 3. The number of rotatable bonds is 8. The Bertz CT molecular complexity index is 846. The molecule has 0 radical (unpaired) electrons. The Morgan fingerprint density at radius 3 is 2.59 bits per heavy atom. The van der Waals surface area contributed by atoms with Gasteiger partial charge in [0.15, 0.2) is 6.61 Å².